The first-order valence-corrected chi connectivity index (χ1v) is 8.06. The third-order valence-electron chi connectivity index (χ3n) is 3.56. The second-order valence-corrected chi connectivity index (χ2v) is 5.09. The fraction of sp³-hybridized carbons (Fsp3) is 0.286. The van der Waals surface area contributed by atoms with Crippen molar-refractivity contribution in [2.45, 2.75) is 27.2 Å². The summed E-state index contributed by atoms with van der Waals surface area (Å²) in [6.07, 6.45) is 13.2. The number of terminal acetylenes is 1. The molecule has 1 heterocycles. The lowest BCUT2D eigenvalue weighted by Gasteiger charge is -2.11. The topological polar surface area (TPSA) is 51.3 Å². The molecule has 4 heteroatoms. The largest absolute Gasteiger partial charge is 0.496 e. The Hall–Kier alpha value is -2.93. The Bertz CT molecular complexity index is 867. The van der Waals surface area contributed by atoms with Crippen LogP contribution in [0.4, 0.5) is 0 Å². The van der Waals surface area contributed by atoms with Crippen molar-refractivity contribution in [2.24, 2.45) is 0 Å². The van der Waals surface area contributed by atoms with Gasteiger partial charge >= 0.3 is 0 Å². The lowest BCUT2D eigenvalue weighted by atomic mass is 10.0. The van der Waals surface area contributed by atoms with Crippen LogP contribution in [-0.4, -0.2) is 19.2 Å². The van der Waals surface area contributed by atoms with E-state index in [1.165, 1.54) is 0 Å². The zero-order chi connectivity index (χ0) is 18.8. The van der Waals surface area contributed by atoms with Crippen molar-refractivity contribution in [3.05, 3.63) is 52.3 Å². The average Bonchev–Trinajstić information content (AvgIpc) is 2.63. The predicted octanol–water partition coefficient (Wildman–Crippen LogP) is 4.55. The van der Waals surface area contributed by atoms with E-state index in [9.17, 15) is 4.79 Å². The van der Waals surface area contributed by atoms with Gasteiger partial charge in [0, 0.05) is 11.8 Å². The molecule has 0 aliphatic carbocycles. The first kappa shape index (κ1) is 20.1. The van der Waals surface area contributed by atoms with E-state index in [2.05, 4.69) is 24.3 Å². The molecule has 4 nitrogen and oxygen atoms in total. The molecule has 132 valence electrons. The van der Waals surface area contributed by atoms with Gasteiger partial charge in [0.2, 0.25) is 5.43 Å². The van der Waals surface area contributed by atoms with Crippen LogP contribution in [0.3, 0.4) is 0 Å². The summed E-state index contributed by atoms with van der Waals surface area (Å²) in [6.45, 7) is 5.63. The van der Waals surface area contributed by atoms with Crippen LogP contribution >= 0.6 is 0 Å². The molecule has 0 fully saturated rings. The second kappa shape index (κ2) is 10.0. The van der Waals surface area contributed by atoms with E-state index in [4.69, 9.17) is 9.47 Å². The van der Waals surface area contributed by atoms with Crippen LogP contribution in [0.25, 0.3) is 16.5 Å². The van der Waals surface area contributed by atoms with Gasteiger partial charge in [-0.1, -0.05) is 25.2 Å². The predicted molar refractivity (Wildman–Crippen MR) is 105 cm³/mol. The van der Waals surface area contributed by atoms with Gasteiger partial charge in [-0.2, -0.15) is 0 Å². The van der Waals surface area contributed by atoms with E-state index in [0.29, 0.717) is 28.0 Å². The highest BCUT2D eigenvalue weighted by Crippen LogP contribution is 2.30. The summed E-state index contributed by atoms with van der Waals surface area (Å²) < 4.78 is 10.7. The van der Waals surface area contributed by atoms with Gasteiger partial charge in [0.25, 0.3) is 0 Å². The molecule has 2 rings (SSSR count). The number of nitrogens with one attached hydrogen (secondary N) is 1. The molecule has 0 saturated carbocycles. The molecule has 0 saturated heterocycles. The molecule has 0 aliphatic heterocycles. The Morgan fingerprint density at radius 2 is 1.88 bits per heavy atom. The van der Waals surface area contributed by atoms with Gasteiger partial charge in [0.1, 0.15) is 11.5 Å². The molecule has 0 aliphatic rings. The minimum Gasteiger partial charge on any atom is -0.496 e. The Labute approximate surface area is 149 Å². The molecule has 2 aromatic rings. The molecular weight excluding hydrogens is 314 g/mol. The molecule has 0 atom stereocenters. The summed E-state index contributed by atoms with van der Waals surface area (Å²) in [5.41, 5.74) is 2.07. The summed E-state index contributed by atoms with van der Waals surface area (Å²) in [4.78, 5) is 16.1. The summed E-state index contributed by atoms with van der Waals surface area (Å²) in [5, 5.41) is 0.503. The van der Waals surface area contributed by atoms with Crippen LogP contribution in [0.2, 0.25) is 0 Å². The van der Waals surface area contributed by atoms with E-state index >= 15 is 0 Å². The maximum Gasteiger partial charge on any atom is 0.201 e. The van der Waals surface area contributed by atoms with Crippen LogP contribution in [0, 0.1) is 12.3 Å². The number of allylic oxidation sites excluding steroid dienone is 4. The van der Waals surface area contributed by atoms with E-state index in [-0.39, 0.29) is 5.43 Å². The van der Waals surface area contributed by atoms with Gasteiger partial charge in [-0.15, -0.1) is 12.3 Å². The van der Waals surface area contributed by atoms with Crippen LogP contribution in [-0.2, 0) is 0 Å². The first-order valence-electron chi connectivity index (χ1n) is 8.06. The van der Waals surface area contributed by atoms with Gasteiger partial charge in [-0.3, -0.25) is 4.79 Å². The molecule has 0 spiro atoms. The SMILES string of the molecule is C#CC.C/C=C(\C=C/CC)c1c[nH]c2c(OC)ccc(OC)c2c1=O. The van der Waals surface area contributed by atoms with E-state index in [1.54, 1.807) is 39.5 Å². The molecule has 0 unspecified atom stereocenters. The van der Waals surface area contributed by atoms with E-state index in [1.807, 2.05) is 25.2 Å². The Balaban J connectivity index is 0.000000970. The zero-order valence-electron chi connectivity index (χ0n) is 15.5. The summed E-state index contributed by atoms with van der Waals surface area (Å²) in [5.74, 6) is 3.40. The fourth-order valence-corrected chi connectivity index (χ4v) is 2.42. The van der Waals surface area contributed by atoms with E-state index < -0.39 is 0 Å². The number of benzene rings is 1. The summed E-state index contributed by atoms with van der Waals surface area (Å²) in [7, 11) is 3.13. The van der Waals surface area contributed by atoms with Gasteiger partial charge in [0.05, 0.1) is 25.1 Å². The number of ether oxygens (including phenoxy) is 2. The number of aromatic nitrogens is 1. The summed E-state index contributed by atoms with van der Waals surface area (Å²) in [6, 6.07) is 3.53. The van der Waals surface area contributed by atoms with Crippen molar-refractivity contribution in [3.8, 4) is 23.8 Å². The molecule has 1 aromatic carbocycles. The molecule has 0 amide bonds. The maximum atomic E-state index is 12.9. The number of hydrogen-bond donors (Lipinski definition) is 1. The third-order valence-corrected chi connectivity index (χ3v) is 3.56. The summed E-state index contributed by atoms with van der Waals surface area (Å²) >= 11 is 0. The molecule has 1 aromatic heterocycles. The highest BCUT2D eigenvalue weighted by atomic mass is 16.5. The van der Waals surface area contributed by atoms with Crippen molar-refractivity contribution in [1.29, 1.82) is 0 Å². The highest BCUT2D eigenvalue weighted by Gasteiger charge is 2.14. The number of H-pyrrole nitrogens is 1. The Morgan fingerprint density at radius 1 is 1.28 bits per heavy atom. The third kappa shape index (κ3) is 4.54. The van der Waals surface area contributed by atoms with Gasteiger partial charge < -0.3 is 14.5 Å². The van der Waals surface area contributed by atoms with Crippen molar-refractivity contribution in [3.63, 3.8) is 0 Å². The number of aromatic amines is 1. The molecular formula is C21H25NO3. The molecule has 25 heavy (non-hydrogen) atoms. The van der Waals surface area contributed by atoms with E-state index in [0.717, 1.165) is 12.0 Å². The average molecular weight is 339 g/mol. The number of hydrogen-bond acceptors (Lipinski definition) is 3. The van der Waals surface area contributed by atoms with Gasteiger partial charge in [-0.25, -0.2) is 0 Å². The Morgan fingerprint density at radius 3 is 2.40 bits per heavy atom. The van der Waals surface area contributed by atoms with Crippen molar-refractivity contribution in [1.82, 2.24) is 4.98 Å². The maximum absolute atomic E-state index is 12.9. The minimum absolute atomic E-state index is 0.0710. The van der Waals surface area contributed by atoms with Crippen LogP contribution in [0.5, 0.6) is 11.5 Å². The highest BCUT2D eigenvalue weighted by molar-refractivity contribution is 5.92. The second-order valence-electron chi connectivity index (χ2n) is 5.09. The minimum atomic E-state index is -0.0710. The number of pyridine rings is 1. The normalized spacial score (nSPS) is 11.0. The van der Waals surface area contributed by atoms with Crippen molar-refractivity contribution >= 4 is 16.5 Å². The quantitative estimate of drug-likeness (QED) is 0.642. The number of rotatable bonds is 5. The molecule has 0 bridgehead atoms. The van der Waals surface area contributed by atoms with Gasteiger partial charge in [-0.05, 0) is 38.0 Å². The van der Waals surface area contributed by atoms with Crippen molar-refractivity contribution < 1.29 is 9.47 Å². The van der Waals surface area contributed by atoms with Crippen LogP contribution < -0.4 is 14.9 Å². The molecule has 1 N–H and O–H groups in total. The smallest absolute Gasteiger partial charge is 0.201 e. The number of fused-ring (bicyclic) bond motifs is 1. The van der Waals surface area contributed by atoms with Crippen LogP contribution in [0.15, 0.2) is 41.4 Å². The molecule has 0 radical (unpaired) electrons. The lowest BCUT2D eigenvalue weighted by molar-refractivity contribution is 0.409. The number of methoxy groups -OCH3 is 2. The first-order chi connectivity index (χ1) is 12.1. The Kier molecular flexibility index (Phi) is 8.08. The fourth-order valence-electron chi connectivity index (χ4n) is 2.42. The van der Waals surface area contributed by atoms with Gasteiger partial charge in [0.15, 0.2) is 0 Å². The monoisotopic (exact) mass is 339 g/mol. The lowest BCUT2D eigenvalue weighted by Crippen LogP contribution is -2.11. The zero-order valence-corrected chi connectivity index (χ0v) is 15.5. The standard InChI is InChI=1S/C18H21NO3.C3H4/c1-5-7-8-12(6-2)13-11-19-17-15(22-4)10-9-14(21-3)16(17)18(13)20;1-3-2/h6-11H,5H2,1-4H3,(H,19,20);1H,2H3/b8-7-,12-6+;. The van der Waals surface area contributed by atoms with Crippen molar-refractivity contribution in [2.75, 3.05) is 14.2 Å². The van der Waals surface area contributed by atoms with Crippen LogP contribution in [0.1, 0.15) is 32.8 Å².